The molecule has 2 unspecified atom stereocenters. The summed E-state index contributed by atoms with van der Waals surface area (Å²) < 4.78 is 21.9. The number of carbonyl (C=O) groups is 4. The van der Waals surface area contributed by atoms with Crippen LogP contribution in [-0.4, -0.2) is 70.2 Å². The molecule has 7 rings (SSSR count). The summed E-state index contributed by atoms with van der Waals surface area (Å²) in [6.45, 7) is 16.1. The van der Waals surface area contributed by atoms with E-state index in [2.05, 4.69) is 37.7 Å². The summed E-state index contributed by atoms with van der Waals surface area (Å²) in [6.07, 6.45) is 6.85. The zero-order chi connectivity index (χ0) is 42.8. The van der Waals surface area contributed by atoms with E-state index >= 15 is 0 Å². The van der Waals surface area contributed by atoms with Crippen molar-refractivity contribution in [3.63, 3.8) is 0 Å². The molecule has 3 aromatic heterocycles. The van der Waals surface area contributed by atoms with Gasteiger partial charge >= 0.3 is 23.9 Å². The number of rotatable bonds is 12. The van der Waals surface area contributed by atoms with Crippen LogP contribution in [0.4, 0.5) is 0 Å². The van der Waals surface area contributed by atoms with Gasteiger partial charge in [-0.25, -0.2) is 19.6 Å². The van der Waals surface area contributed by atoms with E-state index in [4.69, 9.17) is 28.9 Å². The number of aromatic nitrogens is 4. The third-order valence-corrected chi connectivity index (χ3v) is 11.7. The molecular formula is C48H54N4O8. The van der Waals surface area contributed by atoms with Crippen LogP contribution in [0.5, 0.6) is 0 Å². The van der Waals surface area contributed by atoms with Gasteiger partial charge in [0.1, 0.15) is 0 Å². The maximum absolute atomic E-state index is 13.5. The third kappa shape index (κ3) is 7.52. The van der Waals surface area contributed by atoms with Crippen molar-refractivity contribution in [3.05, 3.63) is 80.4 Å². The van der Waals surface area contributed by atoms with Gasteiger partial charge in [0.25, 0.3) is 0 Å². The molecule has 4 aliphatic rings. The molecule has 0 fully saturated rings. The molecule has 8 bridgehead atoms. The van der Waals surface area contributed by atoms with E-state index in [1.54, 1.807) is 39.8 Å². The molecule has 314 valence electrons. The molecule has 0 spiro atoms. The Bertz CT molecular complexity index is 2410. The van der Waals surface area contributed by atoms with Gasteiger partial charge < -0.3 is 28.9 Å². The van der Waals surface area contributed by atoms with E-state index in [9.17, 15) is 19.2 Å². The molecule has 60 heavy (non-hydrogen) atoms. The van der Waals surface area contributed by atoms with Crippen LogP contribution in [0.25, 0.3) is 56.5 Å². The van der Waals surface area contributed by atoms with E-state index in [0.717, 1.165) is 89.4 Å². The minimum Gasteiger partial charge on any atom is -0.466 e. The zero-order valence-electron chi connectivity index (χ0n) is 35.9. The maximum Gasteiger partial charge on any atom is 0.334 e. The predicted octanol–water partition coefficient (Wildman–Crippen LogP) is 9.14. The number of ether oxygens (including phenoxy) is 4. The van der Waals surface area contributed by atoms with Crippen LogP contribution in [0.3, 0.4) is 0 Å². The van der Waals surface area contributed by atoms with Crippen LogP contribution in [0.2, 0.25) is 0 Å². The Balaban J connectivity index is 1.61. The van der Waals surface area contributed by atoms with Crippen LogP contribution in [-0.2, 0) is 51.0 Å². The van der Waals surface area contributed by atoms with Crippen molar-refractivity contribution in [3.8, 4) is 0 Å². The highest BCUT2D eigenvalue weighted by atomic mass is 16.5. The van der Waals surface area contributed by atoms with E-state index in [1.807, 2.05) is 24.3 Å². The van der Waals surface area contributed by atoms with Gasteiger partial charge in [0.15, 0.2) is 0 Å². The molecular weight excluding hydrogens is 761 g/mol. The van der Waals surface area contributed by atoms with Crippen molar-refractivity contribution in [2.75, 3.05) is 26.4 Å². The van der Waals surface area contributed by atoms with Crippen LogP contribution in [0.15, 0.2) is 35.4 Å². The van der Waals surface area contributed by atoms with Crippen molar-refractivity contribution in [2.24, 2.45) is 11.8 Å². The first-order valence-corrected chi connectivity index (χ1v) is 21.4. The standard InChI is InChI=1S/C48H54N4O8/c1-9-25-26(10-2)38-22-42-31-19-35(47(55)59-15-7)36(48(56)60-16-8)20-32(31)44(52-42)24-40-28(12-4)27(11-3)39(50-40)23-43-30-18-34(46(54)58-14-6)33(45(53)57-13-5)17-29(30)41(51-43)21-37(25)49-38/h17,19,21-24,34,36,51-52H,9-16,18,20H2,1-8H3. The van der Waals surface area contributed by atoms with E-state index in [0.29, 0.717) is 25.7 Å². The van der Waals surface area contributed by atoms with Gasteiger partial charge in [-0.3, -0.25) is 9.59 Å². The maximum atomic E-state index is 13.5. The van der Waals surface area contributed by atoms with E-state index < -0.39 is 35.7 Å². The van der Waals surface area contributed by atoms with Crippen LogP contribution >= 0.6 is 0 Å². The second-order valence-electron chi connectivity index (χ2n) is 15.0. The lowest BCUT2D eigenvalue weighted by Gasteiger charge is -2.22. The summed E-state index contributed by atoms with van der Waals surface area (Å²) >= 11 is 0. The van der Waals surface area contributed by atoms with Gasteiger partial charge in [0.2, 0.25) is 0 Å². The minimum absolute atomic E-state index is 0.166. The molecule has 0 saturated heterocycles. The van der Waals surface area contributed by atoms with Gasteiger partial charge in [0.05, 0.1) is 72.2 Å². The lowest BCUT2D eigenvalue weighted by atomic mass is 9.83. The largest absolute Gasteiger partial charge is 0.466 e. The molecule has 2 N–H and O–H groups in total. The summed E-state index contributed by atoms with van der Waals surface area (Å²) in [5, 5.41) is 0. The number of hydrogen-bond donors (Lipinski definition) is 2. The van der Waals surface area contributed by atoms with Crippen molar-refractivity contribution >= 4 is 80.4 Å². The number of carbonyl (C=O) groups excluding carboxylic acids is 4. The third-order valence-electron chi connectivity index (χ3n) is 11.7. The number of aromatic amines is 2. The second-order valence-corrected chi connectivity index (χ2v) is 15.0. The summed E-state index contributed by atoms with van der Waals surface area (Å²) in [4.78, 5) is 71.8. The second kappa shape index (κ2) is 17.7. The molecule has 0 radical (unpaired) electrons. The Morgan fingerprint density at radius 1 is 0.500 bits per heavy atom. The molecule has 12 nitrogen and oxygen atoms in total. The quantitative estimate of drug-likeness (QED) is 0.133. The monoisotopic (exact) mass is 814 g/mol. The number of nitrogens with zero attached hydrogens (tertiary/aromatic N) is 2. The molecule has 0 saturated carbocycles. The van der Waals surface area contributed by atoms with Crippen molar-refractivity contribution in [1.29, 1.82) is 0 Å². The fourth-order valence-electron chi connectivity index (χ4n) is 9.06. The highest BCUT2D eigenvalue weighted by molar-refractivity contribution is 6.06. The summed E-state index contributed by atoms with van der Waals surface area (Å²) in [5.41, 5.74) is 14.3. The highest BCUT2D eigenvalue weighted by Crippen LogP contribution is 2.42. The van der Waals surface area contributed by atoms with E-state index in [1.165, 1.54) is 0 Å². The number of H-pyrrole nitrogens is 2. The number of esters is 4. The molecule has 0 amide bonds. The Kier molecular flexibility index (Phi) is 12.4. The summed E-state index contributed by atoms with van der Waals surface area (Å²) in [6, 6.07) is 8.13. The predicted molar refractivity (Wildman–Crippen MR) is 233 cm³/mol. The summed E-state index contributed by atoms with van der Waals surface area (Å²) in [5.74, 6) is -3.77. The lowest BCUT2D eigenvalue weighted by Crippen LogP contribution is -2.29. The first-order valence-electron chi connectivity index (χ1n) is 21.4. The number of nitrogens with one attached hydrogen (secondary N) is 2. The summed E-state index contributed by atoms with van der Waals surface area (Å²) in [7, 11) is 0. The lowest BCUT2D eigenvalue weighted by molar-refractivity contribution is -0.150. The Morgan fingerprint density at radius 2 is 0.817 bits per heavy atom. The van der Waals surface area contributed by atoms with Crippen LogP contribution < -0.4 is 0 Å². The molecule has 2 aliphatic heterocycles. The first kappa shape index (κ1) is 42.1. The Hall–Kier alpha value is -6.04. The van der Waals surface area contributed by atoms with Crippen molar-refractivity contribution in [1.82, 2.24) is 19.9 Å². The molecule has 3 aromatic rings. The fourth-order valence-corrected chi connectivity index (χ4v) is 9.06. The normalized spacial score (nSPS) is 17.1. The Labute approximate surface area is 350 Å². The van der Waals surface area contributed by atoms with E-state index in [-0.39, 0.29) is 50.4 Å². The van der Waals surface area contributed by atoms with Crippen LogP contribution in [0, 0.1) is 11.8 Å². The molecule has 0 aromatic carbocycles. The minimum atomic E-state index is -0.851. The molecule has 12 heteroatoms. The number of hydrogen-bond acceptors (Lipinski definition) is 10. The average molecular weight is 815 g/mol. The Morgan fingerprint density at radius 3 is 1.12 bits per heavy atom. The SMILES string of the molecule is CCOC(=O)C1=Cc2c(c3cc4nc(cc5[nH]c(cc6nc(cc2[nH]3)C(CC)=C6CC)c2c5CC(C(=O)OCC)C(C(=O)OCC)=C2)C(CC)=C4CC)CC1C(=O)OCC. The van der Waals surface area contributed by atoms with Gasteiger partial charge in [0, 0.05) is 33.2 Å². The van der Waals surface area contributed by atoms with Crippen molar-refractivity contribution < 1.29 is 38.1 Å². The fraction of sp³-hybridized carbons (Fsp3) is 0.417. The van der Waals surface area contributed by atoms with Gasteiger partial charge in [-0.1, -0.05) is 27.7 Å². The smallest absolute Gasteiger partial charge is 0.334 e. The average Bonchev–Trinajstić information content (AvgIpc) is 3.96. The number of fused-ring (bicyclic) bond motifs is 14. The first-order chi connectivity index (χ1) is 29.0. The molecule has 5 heterocycles. The topological polar surface area (TPSA) is 163 Å². The van der Waals surface area contributed by atoms with Crippen molar-refractivity contribution in [2.45, 2.75) is 93.9 Å². The van der Waals surface area contributed by atoms with Crippen LogP contribution in [0.1, 0.15) is 126 Å². The number of allylic oxidation sites excluding steroid dienone is 4. The van der Waals surface area contributed by atoms with Gasteiger partial charge in [-0.05, 0) is 136 Å². The molecule has 2 atom stereocenters. The molecule has 2 aliphatic carbocycles. The van der Waals surface area contributed by atoms with Gasteiger partial charge in [-0.2, -0.15) is 0 Å². The van der Waals surface area contributed by atoms with Gasteiger partial charge in [-0.15, -0.1) is 0 Å². The highest BCUT2D eigenvalue weighted by Gasteiger charge is 2.37. The zero-order valence-corrected chi connectivity index (χ0v) is 35.9.